The molecule has 1 aliphatic carbocycles. The summed E-state index contributed by atoms with van der Waals surface area (Å²) in [5, 5.41) is 7.64. The van der Waals surface area contributed by atoms with E-state index < -0.39 is 0 Å². The van der Waals surface area contributed by atoms with Crippen molar-refractivity contribution in [2.45, 2.75) is 64.2 Å². The van der Waals surface area contributed by atoms with Gasteiger partial charge >= 0.3 is 0 Å². The molecule has 0 amide bonds. The predicted molar refractivity (Wildman–Crippen MR) is 78.6 cm³/mol. The molecule has 2 heterocycles. The number of hydrogen-bond donors (Lipinski definition) is 1. The fourth-order valence-electron chi connectivity index (χ4n) is 3.77. The first kappa shape index (κ1) is 14.1. The third kappa shape index (κ3) is 3.40. The number of hydrogen-bond acceptors (Lipinski definition) is 4. The van der Waals surface area contributed by atoms with Gasteiger partial charge in [-0.15, -0.1) is 0 Å². The van der Waals surface area contributed by atoms with Gasteiger partial charge in [0.15, 0.2) is 5.82 Å². The smallest absolute Gasteiger partial charge is 0.226 e. The minimum Gasteiger partial charge on any atom is -0.339 e. The zero-order valence-corrected chi connectivity index (χ0v) is 12.6. The van der Waals surface area contributed by atoms with Crippen LogP contribution in [0.4, 0.5) is 0 Å². The highest BCUT2D eigenvalue weighted by atomic mass is 16.5. The van der Waals surface area contributed by atoms with Gasteiger partial charge in [0.05, 0.1) is 0 Å². The van der Waals surface area contributed by atoms with Crippen molar-refractivity contribution in [2.75, 3.05) is 13.1 Å². The Morgan fingerprint density at radius 1 is 1.15 bits per heavy atom. The van der Waals surface area contributed by atoms with Gasteiger partial charge < -0.3 is 9.84 Å². The molecule has 1 saturated heterocycles. The zero-order chi connectivity index (χ0) is 13.8. The first-order valence-electron chi connectivity index (χ1n) is 8.38. The van der Waals surface area contributed by atoms with Crippen LogP contribution in [0.3, 0.4) is 0 Å². The summed E-state index contributed by atoms with van der Waals surface area (Å²) in [5.41, 5.74) is 0. The summed E-state index contributed by atoms with van der Waals surface area (Å²) in [6.45, 7) is 4.52. The van der Waals surface area contributed by atoms with Gasteiger partial charge in [0, 0.05) is 12.3 Å². The van der Waals surface area contributed by atoms with Crippen molar-refractivity contribution in [3.05, 3.63) is 11.7 Å². The second-order valence-electron chi connectivity index (χ2n) is 6.62. The number of aromatic nitrogens is 2. The van der Waals surface area contributed by atoms with Crippen LogP contribution in [0.25, 0.3) is 0 Å². The van der Waals surface area contributed by atoms with Crippen molar-refractivity contribution in [2.24, 2.45) is 11.8 Å². The average molecular weight is 277 g/mol. The van der Waals surface area contributed by atoms with Crippen molar-refractivity contribution in [3.8, 4) is 0 Å². The van der Waals surface area contributed by atoms with E-state index in [1.165, 1.54) is 44.9 Å². The normalized spacial score (nSPS) is 30.8. The molecule has 0 radical (unpaired) electrons. The van der Waals surface area contributed by atoms with Crippen LogP contribution in [0.15, 0.2) is 4.52 Å². The zero-order valence-electron chi connectivity index (χ0n) is 12.6. The molecule has 1 aliphatic heterocycles. The van der Waals surface area contributed by atoms with Crippen LogP contribution in [0.5, 0.6) is 0 Å². The molecule has 1 aromatic heterocycles. The third-order valence-corrected chi connectivity index (χ3v) is 5.02. The maximum atomic E-state index is 5.47. The van der Waals surface area contributed by atoms with Crippen LogP contribution < -0.4 is 5.32 Å². The molecule has 0 spiro atoms. The van der Waals surface area contributed by atoms with Crippen LogP contribution in [0, 0.1) is 11.8 Å². The molecule has 2 fully saturated rings. The summed E-state index contributed by atoms with van der Waals surface area (Å²) >= 11 is 0. The van der Waals surface area contributed by atoms with Crippen molar-refractivity contribution < 1.29 is 4.52 Å². The van der Waals surface area contributed by atoms with E-state index in [1.54, 1.807) is 0 Å². The molecule has 20 heavy (non-hydrogen) atoms. The lowest BCUT2D eigenvalue weighted by Crippen LogP contribution is -2.14. The van der Waals surface area contributed by atoms with Gasteiger partial charge in [0.2, 0.25) is 5.89 Å². The van der Waals surface area contributed by atoms with E-state index in [2.05, 4.69) is 22.4 Å². The first-order chi connectivity index (χ1) is 9.85. The fraction of sp³-hybridized carbons (Fsp3) is 0.875. The Balaban J connectivity index is 1.52. The number of nitrogens with one attached hydrogen (secondary N) is 1. The van der Waals surface area contributed by atoms with E-state index in [0.29, 0.717) is 11.8 Å². The van der Waals surface area contributed by atoms with Gasteiger partial charge in [0.1, 0.15) is 0 Å². The summed E-state index contributed by atoms with van der Waals surface area (Å²) in [7, 11) is 0. The molecule has 3 rings (SSSR count). The Bertz CT molecular complexity index is 404. The number of nitrogens with zero attached hydrogens (tertiary/aromatic N) is 2. The molecule has 1 N–H and O–H groups in total. The second-order valence-corrected chi connectivity index (χ2v) is 6.62. The molecular formula is C16H27N3O. The predicted octanol–water partition coefficient (Wildman–Crippen LogP) is 3.30. The molecule has 1 saturated carbocycles. The monoisotopic (exact) mass is 277 g/mol. The van der Waals surface area contributed by atoms with Crippen LogP contribution in [-0.2, 0) is 6.42 Å². The lowest BCUT2D eigenvalue weighted by atomic mass is 9.80. The Kier molecular flexibility index (Phi) is 4.71. The quantitative estimate of drug-likeness (QED) is 0.897. The minimum absolute atomic E-state index is 0.544. The van der Waals surface area contributed by atoms with E-state index in [0.717, 1.165) is 37.1 Å². The molecule has 1 aromatic rings. The Morgan fingerprint density at radius 3 is 2.70 bits per heavy atom. The SMILES string of the molecule is CCCC1CCC(c2noc(CC3CCNC3)n2)CC1. The van der Waals surface area contributed by atoms with Gasteiger partial charge in [-0.05, 0) is 57.0 Å². The maximum absolute atomic E-state index is 5.47. The van der Waals surface area contributed by atoms with E-state index in [9.17, 15) is 0 Å². The molecule has 1 unspecified atom stereocenters. The second kappa shape index (κ2) is 6.70. The van der Waals surface area contributed by atoms with Gasteiger partial charge in [-0.2, -0.15) is 4.98 Å². The Morgan fingerprint density at radius 2 is 2.00 bits per heavy atom. The van der Waals surface area contributed by atoms with Gasteiger partial charge in [0.25, 0.3) is 0 Å². The minimum atomic E-state index is 0.544. The van der Waals surface area contributed by atoms with E-state index in [-0.39, 0.29) is 0 Å². The highest BCUT2D eigenvalue weighted by Crippen LogP contribution is 2.36. The molecule has 112 valence electrons. The average Bonchev–Trinajstić information content (AvgIpc) is 3.12. The van der Waals surface area contributed by atoms with Crippen LogP contribution >= 0.6 is 0 Å². The molecule has 0 aromatic carbocycles. The highest BCUT2D eigenvalue weighted by Gasteiger charge is 2.26. The van der Waals surface area contributed by atoms with E-state index in [1.807, 2.05) is 0 Å². The fourth-order valence-corrected chi connectivity index (χ4v) is 3.77. The first-order valence-corrected chi connectivity index (χ1v) is 8.38. The number of rotatable bonds is 5. The summed E-state index contributed by atoms with van der Waals surface area (Å²) < 4.78 is 5.47. The third-order valence-electron chi connectivity index (χ3n) is 5.02. The van der Waals surface area contributed by atoms with Crippen LogP contribution in [0.1, 0.15) is 69.5 Å². The Labute approximate surface area is 121 Å². The van der Waals surface area contributed by atoms with E-state index >= 15 is 0 Å². The standard InChI is InChI=1S/C16H27N3O/c1-2-3-12-4-6-14(7-5-12)16-18-15(20-19-16)10-13-8-9-17-11-13/h12-14,17H,2-11H2,1H3. The van der Waals surface area contributed by atoms with Crippen LogP contribution in [-0.4, -0.2) is 23.2 Å². The molecule has 1 atom stereocenters. The summed E-state index contributed by atoms with van der Waals surface area (Å²) in [5.74, 6) is 3.99. The van der Waals surface area contributed by atoms with Crippen LogP contribution in [0.2, 0.25) is 0 Å². The summed E-state index contributed by atoms with van der Waals surface area (Å²) in [4.78, 5) is 4.66. The Hall–Kier alpha value is -0.900. The molecule has 0 bridgehead atoms. The summed E-state index contributed by atoms with van der Waals surface area (Å²) in [6.07, 6.45) is 10.1. The molecule has 4 nitrogen and oxygen atoms in total. The summed E-state index contributed by atoms with van der Waals surface area (Å²) in [6, 6.07) is 0. The lowest BCUT2D eigenvalue weighted by Gasteiger charge is -2.26. The highest BCUT2D eigenvalue weighted by molar-refractivity contribution is 4.98. The van der Waals surface area contributed by atoms with Gasteiger partial charge in [-0.3, -0.25) is 0 Å². The van der Waals surface area contributed by atoms with Crippen molar-refractivity contribution in [1.82, 2.24) is 15.5 Å². The van der Waals surface area contributed by atoms with Crippen molar-refractivity contribution in [3.63, 3.8) is 0 Å². The molecule has 2 aliphatic rings. The van der Waals surface area contributed by atoms with Crippen molar-refractivity contribution in [1.29, 1.82) is 0 Å². The van der Waals surface area contributed by atoms with Gasteiger partial charge in [-0.1, -0.05) is 24.9 Å². The topological polar surface area (TPSA) is 51.0 Å². The maximum Gasteiger partial charge on any atom is 0.226 e. The molecule has 4 heteroatoms. The lowest BCUT2D eigenvalue weighted by molar-refractivity contribution is 0.294. The van der Waals surface area contributed by atoms with Crippen molar-refractivity contribution >= 4 is 0 Å². The van der Waals surface area contributed by atoms with E-state index in [4.69, 9.17) is 4.52 Å². The van der Waals surface area contributed by atoms with Gasteiger partial charge in [-0.25, -0.2) is 0 Å². The molecular weight excluding hydrogens is 250 g/mol. The largest absolute Gasteiger partial charge is 0.339 e.